The summed E-state index contributed by atoms with van der Waals surface area (Å²) in [6.45, 7) is -0.440. The molecule has 4 rings (SSSR count). The average molecular weight is 465 g/mol. The van der Waals surface area contributed by atoms with Crippen LogP contribution in [0.25, 0.3) is 11.2 Å². The third-order valence-corrected chi connectivity index (χ3v) is 4.82. The molecular formula is C16H17BrN8O4. The fourth-order valence-corrected chi connectivity index (χ4v) is 3.14. The minimum atomic E-state index is -1.28. The van der Waals surface area contributed by atoms with Crippen molar-refractivity contribution in [3.63, 3.8) is 0 Å². The molecule has 0 unspecified atom stereocenters. The summed E-state index contributed by atoms with van der Waals surface area (Å²) in [6.07, 6.45) is 0.0495. The van der Waals surface area contributed by atoms with Crippen LogP contribution >= 0.6 is 15.9 Å². The number of imidazole rings is 1. The van der Waals surface area contributed by atoms with E-state index in [1.807, 2.05) is 6.07 Å². The van der Waals surface area contributed by atoms with Gasteiger partial charge in [-0.2, -0.15) is 15.1 Å². The highest BCUT2D eigenvalue weighted by atomic mass is 79.9. The first-order chi connectivity index (χ1) is 14.0. The first-order valence-electron chi connectivity index (χ1n) is 8.51. The molecule has 4 heterocycles. The number of anilines is 2. The van der Waals surface area contributed by atoms with Gasteiger partial charge in [-0.1, -0.05) is 0 Å². The number of nitrogens with zero attached hydrogens (tertiary/aromatic N) is 6. The van der Waals surface area contributed by atoms with E-state index in [0.29, 0.717) is 11.2 Å². The number of aromatic nitrogens is 5. The van der Waals surface area contributed by atoms with Crippen molar-refractivity contribution in [1.82, 2.24) is 24.5 Å². The first kappa shape index (κ1) is 19.6. The van der Waals surface area contributed by atoms with Crippen LogP contribution in [0.5, 0.6) is 0 Å². The smallest absolute Gasteiger partial charge is 0.247 e. The molecule has 1 aliphatic rings. The molecule has 0 spiro atoms. The summed E-state index contributed by atoms with van der Waals surface area (Å²) in [6, 6.07) is 3.60. The number of hydrazone groups is 1. The summed E-state index contributed by atoms with van der Waals surface area (Å²) < 4.78 is 7.79. The Hall–Kier alpha value is -2.71. The lowest BCUT2D eigenvalue weighted by atomic mass is 10.1. The average Bonchev–Trinajstić information content (AvgIpc) is 3.25. The van der Waals surface area contributed by atoms with Crippen LogP contribution in [0.2, 0.25) is 0 Å². The normalized spacial score (nSPS) is 24.6. The minimum Gasteiger partial charge on any atom is -0.394 e. The molecule has 1 fully saturated rings. The highest BCUT2D eigenvalue weighted by Gasteiger charge is 2.44. The largest absolute Gasteiger partial charge is 0.394 e. The van der Waals surface area contributed by atoms with Crippen LogP contribution in [0, 0.1) is 0 Å². The van der Waals surface area contributed by atoms with Gasteiger partial charge in [0.15, 0.2) is 17.7 Å². The zero-order valence-electron chi connectivity index (χ0n) is 14.8. The van der Waals surface area contributed by atoms with Gasteiger partial charge >= 0.3 is 0 Å². The number of aliphatic hydroxyl groups is 3. The summed E-state index contributed by atoms with van der Waals surface area (Å²) in [5.74, 6) is 0.191. The molecule has 0 aromatic carbocycles. The summed E-state index contributed by atoms with van der Waals surface area (Å²) in [4.78, 5) is 16.7. The van der Waals surface area contributed by atoms with Gasteiger partial charge in [0.25, 0.3) is 0 Å². The van der Waals surface area contributed by atoms with Gasteiger partial charge < -0.3 is 25.8 Å². The van der Waals surface area contributed by atoms with E-state index in [2.05, 4.69) is 46.4 Å². The second-order valence-corrected chi connectivity index (χ2v) is 7.17. The summed E-state index contributed by atoms with van der Waals surface area (Å²) in [5.41, 5.74) is 9.81. The highest BCUT2D eigenvalue weighted by Crippen LogP contribution is 2.32. The van der Waals surface area contributed by atoms with Crippen LogP contribution in [-0.4, -0.2) is 71.0 Å². The van der Waals surface area contributed by atoms with Crippen LogP contribution in [0.15, 0.2) is 34.2 Å². The van der Waals surface area contributed by atoms with Gasteiger partial charge in [-0.25, -0.2) is 10.4 Å². The molecule has 152 valence electrons. The number of nitrogens with two attached hydrogens (primary N) is 1. The molecule has 29 heavy (non-hydrogen) atoms. The van der Waals surface area contributed by atoms with Gasteiger partial charge in [-0.15, -0.1) is 0 Å². The molecule has 6 N–H and O–H groups in total. The molecule has 0 amide bonds. The molecule has 0 radical (unpaired) electrons. The second kappa shape index (κ2) is 7.96. The SMILES string of the molecule is Nc1nc(N/N=C/c2ccc(Br)cn2)nc2c1ncn2[C@@H]1O[C@H](CO)[C@@H](O)[C@H]1O. The number of fused-ring (bicyclic) bond motifs is 1. The van der Waals surface area contributed by atoms with Gasteiger partial charge in [0.05, 0.1) is 24.8 Å². The van der Waals surface area contributed by atoms with E-state index < -0.39 is 31.1 Å². The van der Waals surface area contributed by atoms with Crippen LogP contribution in [0.1, 0.15) is 11.9 Å². The molecule has 1 saturated heterocycles. The number of nitrogens with one attached hydrogen (secondary N) is 1. The lowest BCUT2D eigenvalue weighted by Gasteiger charge is -2.16. The standard InChI is InChI=1S/C16H17BrN8O4/c17-7-1-2-8(19-3-7)4-21-24-16-22-13(18)10-14(23-16)25(6-20-10)15-12(28)11(27)9(5-26)29-15/h1-4,6,9,11-12,15,26-28H,5H2,(H3,18,22,23,24)/b21-4+/t9-,11-,12-,15-/m1/s1. The molecule has 12 nitrogen and oxygen atoms in total. The number of rotatable bonds is 5. The van der Waals surface area contributed by atoms with Crippen molar-refractivity contribution < 1.29 is 20.1 Å². The molecule has 3 aromatic heterocycles. The van der Waals surface area contributed by atoms with E-state index in [0.717, 1.165) is 4.47 Å². The van der Waals surface area contributed by atoms with Crippen molar-refractivity contribution >= 4 is 45.1 Å². The topological polar surface area (TPSA) is 177 Å². The van der Waals surface area contributed by atoms with Crippen molar-refractivity contribution in [1.29, 1.82) is 0 Å². The van der Waals surface area contributed by atoms with Crippen LogP contribution in [0.3, 0.4) is 0 Å². The maximum absolute atomic E-state index is 10.3. The Morgan fingerprint density at radius 2 is 2.10 bits per heavy atom. The maximum Gasteiger partial charge on any atom is 0.247 e. The third kappa shape index (κ3) is 3.77. The monoisotopic (exact) mass is 464 g/mol. The van der Waals surface area contributed by atoms with E-state index in [-0.39, 0.29) is 17.4 Å². The number of hydrogen-bond donors (Lipinski definition) is 5. The predicted octanol–water partition coefficient (Wildman–Crippen LogP) is -0.377. The molecule has 0 saturated carbocycles. The zero-order valence-corrected chi connectivity index (χ0v) is 16.4. The van der Waals surface area contributed by atoms with E-state index in [1.165, 1.54) is 17.1 Å². The number of pyridine rings is 1. The molecule has 13 heteroatoms. The van der Waals surface area contributed by atoms with Gasteiger partial charge in [0.1, 0.15) is 23.8 Å². The number of nitrogen functional groups attached to an aromatic ring is 1. The number of ether oxygens (including phenoxy) is 1. The molecule has 4 atom stereocenters. The highest BCUT2D eigenvalue weighted by molar-refractivity contribution is 9.10. The molecule has 3 aromatic rings. The summed E-state index contributed by atoms with van der Waals surface area (Å²) in [7, 11) is 0. The van der Waals surface area contributed by atoms with Crippen LogP contribution < -0.4 is 11.2 Å². The number of halogens is 1. The summed E-state index contributed by atoms with van der Waals surface area (Å²) >= 11 is 3.31. The van der Waals surface area contributed by atoms with Crippen molar-refractivity contribution in [2.45, 2.75) is 24.5 Å². The second-order valence-electron chi connectivity index (χ2n) is 6.26. The van der Waals surface area contributed by atoms with E-state index in [9.17, 15) is 15.3 Å². The summed E-state index contributed by atoms with van der Waals surface area (Å²) in [5, 5.41) is 33.6. The van der Waals surface area contributed by atoms with Crippen molar-refractivity contribution in [2.75, 3.05) is 17.8 Å². The van der Waals surface area contributed by atoms with Crippen molar-refractivity contribution in [3.8, 4) is 0 Å². The molecule has 1 aliphatic heterocycles. The predicted molar refractivity (Wildman–Crippen MR) is 106 cm³/mol. The van der Waals surface area contributed by atoms with Gasteiger partial charge in [-0.3, -0.25) is 9.55 Å². The Labute approximate surface area is 172 Å². The third-order valence-electron chi connectivity index (χ3n) is 4.35. The Bertz CT molecular complexity index is 1040. The Morgan fingerprint density at radius 3 is 2.79 bits per heavy atom. The molecule has 0 bridgehead atoms. The van der Waals surface area contributed by atoms with E-state index >= 15 is 0 Å². The lowest BCUT2D eigenvalue weighted by molar-refractivity contribution is -0.0511. The van der Waals surface area contributed by atoms with E-state index in [1.54, 1.807) is 12.3 Å². The number of hydrogen-bond acceptors (Lipinski definition) is 11. The first-order valence-corrected chi connectivity index (χ1v) is 9.30. The Morgan fingerprint density at radius 1 is 1.28 bits per heavy atom. The van der Waals surface area contributed by atoms with E-state index in [4.69, 9.17) is 10.5 Å². The van der Waals surface area contributed by atoms with Gasteiger partial charge in [0, 0.05) is 10.7 Å². The lowest BCUT2D eigenvalue weighted by Crippen LogP contribution is -2.33. The molecular weight excluding hydrogens is 448 g/mol. The Balaban J connectivity index is 1.61. The quantitative estimate of drug-likeness (QED) is 0.247. The van der Waals surface area contributed by atoms with Gasteiger partial charge in [-0.05, 0) is 28.1 Å². The molecule has 0 aliphatic carbocycles. The number of aliphatic hydroxyl groups excluding tert-OH is 3. The maximum atomic E-state index is 10.3. The van der Waals surface area contributed by atoms with Crippen molar-refractivity contribution in [3.05, 3.63) is 34.8 Å². The van der Waals surface area contributed by atoms with Crippen LogP contribution in [0.4, 0.5) is 11.8 Å². The minimum absolute atomic E-state index is 0.0943. The van der Waals surface area contributed by atoms with Gasteiger partial charge in [0.2, 0.25) is 5.95 Å². The zero-order chi connectivity index (χ0) is 20.5. The van der Waals surface area contributed by atoms with Crippen molar-refractivity contribution in [2.24, 2.45) is 5.10 Å². The Kier molecular flexibility index (Phi) is 5.38. The fraction of sp³-hybridized carbons (Fsp3) is 0.312. The fourth-order valence-electron chi connectivity index (χ4n) is 2.90. The van der Waals surface area contributed by atoms with Crippen LogP contribution in [-0.2, 0) is 4.74 Å².